The molecule has 0 bridgehead atoms. The second-order valence-corrected chi connectivity index (χ2v) is 4.13. The molecule has 19 heavy (non-hydrogen) atoms. The van der Waals surface area contributed by atoms with Crippen molar-refractivity contribution < 1.29 is 14.6 Å². The third-order valence-electron chi connectivity index (χ3n) is 2.51. The highest BCUT2D eigenvalue weighted by Gasteiger charge is 2.12. The maximum absolute atomic E-state index is 11.2. The minimum absolute atomic E-state index is 0. The SMILES string of the molecule is CN(CC(O)COCc1ccccc1)C(=O)CN.Cl. The van der Waals surface area contributed by atoms with Gasteiger partial charge in [-0.2, -0.15) is 0 Å². The number of hydrogen-bond donors (Lipinski definition) is 2. The monoisotopic (exact) mass is 288 g/mol. The first-order valence-electron chi connectivity index (χ1n) is 5.87. The summed E-state index contributed by atoms with van der Waals surface area (Å²) in [4.78, 5) is 12.6. The van der Waals surface area contributed by atoms with E-state index < -0.39 is 6.10 Å². The number of carbonyl (C=O) groups excluding carboxylic acids is 1. The van der Waals surface area contributed by atoms with Gasteiger partial charge in [0.2, 0.25) is 5.91 Å². The van der Waals surface area contributed by atoms with Gasteiger partial charge >= 0.3 is 0 Å². The van der Waals surface area contributed by atoms with Crippen LogP contribution >= 0.6 is 12.4 Å². The van der Waals surface area contributed by atoms with Crippen molar-refractivity contribution in [2.75, 3.05) is 26.7 Å². The Morgan fingerprint density at radius 3 is 2.63 bits per heavy atom. The fraction of sp³-hybridized carbons (Fsp3) is 0.462. The zero-order valence-corrected chi connectivity index (χ0v) is 11.8. The van der Waals surface area contributed by atoms with Crippen molar-refractivity contribution in [3.8, 4) is 0 Å². The Labute approximate surface area is 119 Å². The number of benzene rings is 1. The third-order valence-corrected chi connectivity index (χ3v) is 2.51. The molecule has 1 aromatic rings. The number of nitrogens with zero attached hydrogens (tertiary/aromatic N) is 1. The van der Waals surface area contributed by atoms with E-state index in [0.29, 0.717) is 6.61 Å². The molecular weight excluding hydrogens is 268 g/mol. The maximum atomic E-state index is 11.2. The molecule has 5 nitrogen and oxygen atoms in total. The van der Waals surface area contributed by atoms with E-state index in [-0.39, 0.29) is 38.0 Å². The van der Waals surface area contributed by atoms with Gasteiger partial charge in [-0.3, -0.25) is 4.79 Å². The molecular formula is C13H21ClN2O3. The Kier molecular flexibility index (Phi) is 9.16. The Bertz CT molecular complexity index is 362. The molecule has 0 aliphatic rings. The molecule has 3 N–H and O–H groups in total. The van der Waals surface area contributed by atoms with Crippen molar-refractivity contribution in [1.82, 2.24) is 4.90 Å². The number of halogens is 1. The van der Waals surface area contributed by atoms with Gasteiger partial charge in [0.05, 0.1) is 25.9 Å². The smallest absolute Gasteiger partial charge is 0.236 e. The summed E-state index contributed by atoms with van der Waals surface area (Å²) >= 11 is 0. The van der Waals surface area contributed by atoms with Gasteiger partial charge in [-0.1, -0.05) is 30.3 Å². The van der Waals surface area contributed by atoms with Crippen LogP contribution in [-0.4, -0.2) is 48.8 Å². The molecule has 0 heterocycles. The van der Waals surface area contributed by atoms with E-state index in [1.54, 1.807) is 7.05 Å². The van der Waals surface area contributed by atoms with Gasteiger partial charge in [0, 0.05) is 13.6 Å². The standard InChI is InChI=1S/C13H20N2O3.ClH/c1-15(13(17)7-14)8-12(16)10-18-9-11-5-3-2-4-6-11;/h2-6,12,16H,7-10,14H2,1H3;1H. The topological polar surface area (TPSA) is 75.8 Å². The number of aliphatic hydroxyl groups excluding tert-OH is 1. The van der Waals surface area contributed by atoms with E-state index in [1.807, 2.05) is 30.3 Å². The number of likely N-dealkylation sites (N-methyl/N-ethyl adjacent to an activating group) is 1. The van der Waals surface area contributed by atoms with E-state index in [0.717, 1.165) is 5.56 Å². The van der Waals surface area contributed by atoms with Crippen molar-refractivity contribution in [2.45, 2.75) is 12.7 Å². The summed E-state index contributed by atoms with van der Waals surface area (Å²) < 4.78 is 5.38. The fourth-order valence-electron chi connectivity index (χ4n) is 1.51. The molecule has 0 radical (unpaired) electrons. The Balaban J connectivity index is 0.00000324. The molecule has 0 aliphatic carbocycles. The first kappa shape index (κ1) is 17.9. The van der Waals surface area contributed by atoms with Crippen molar-refractivity contribution >= 4 is 18.3 Å². The molecule has 0 saturated carbocycles. The highest BCUT2D eigenvalue weighted by molar-refractivity contribution is 5.85. The van der Waals surface area contributed by atoms with Crippen LogP contribution in [0.4, 0.5) is 0 Å². The predicted molar refractivity (Wildman–Crippen MR) is 76.0 cm³/mol. The van der Waals surface area contributed by atoms with E-state index in [4.69, 9.17) is 10.5 Å². The summed E-state index contributed by atoms with van der Waals surface area (Å²) in [7, 11) is 1.61. The van der Waals surface area contributed by atoms with Crippen molar-refractivity contribution in [2.24, 2.45) is 5.73 Å². The summed E-state index contributed by atoms with van der Waals surface area (Å²) in [5.41, 5.74) is 6.27. The molecule has 0 aromatic heterocycles. The molecule has 1 aromatic carbocycles. The van der Waals surface area contributed by atoms with Crippen LogP contribution in [0.5, 0.6) is 0 Å². The normalized spacial score (nSPS) is 11.5. The number of ether oxygens (including phenoxy) is 1. The van der Waals surface area contributed by atoms with Gasteiger partial charge in [-0.05, 0) is 5.56 Å². The molecule has 0 fully saturated rings. The van der Waals surface area contributed by atoms with Gasteiger partial charge in [0.25, 0.3) is 0 Å². The first-order valence-corrected chi connectivity index (χ1v) is 5.87. The lowest BCUT2D eigenvalue weighted by Gasteiger charge is -2.20. The maximum Gasteiger partial charge on any atom is 0.236 e. The van der Waals surface area contributed by atoms with Crippen LogP contribution in [-0.2, 0) is 16.1 Å². The molecule has 108 valence electrons. The van der Waals surface area contributed by atoms with Crippen molar-refractivity contribution in [3.05, 3.63) is 35.9 Å². The molecule has 6 heteroatoms. The van der Waals surface area contributed by atoms with Crippen LogP contribution < -0.4 is 5.73 Å². The van der Waals surface area contributed by atoms with Gasteiger partial charge < -0.3 is 20.5 Å². The van der Waals surface area contributed by atoms with Crippen LogP contribution in [0.25, 0.3) is 0 Å². The summed E-state index contributed by atoms with van der Waals surface area (Å²) in [5, 5.41) is 9.68. The molecule has 0 saturated heterocycles. The summed E-state index contributed by atoms with van der Waals surface area (Å²) in [5.74, 6) is -0.197. The zero-order valence-electron chi connectivity index (χ0n) is 11.0. The number of aliphatic hydroxyl groups is 1. The molecule has 0 spiro atoms. The van der Waals surface area contributed by atoms with E-state index >= 15 is 0 Å². The highest BCUT2D eigenvalue weighted by atomic mass is 35.5. The molecule has 1 atom stereocenters. The second-order valence-electron chi connectivity index (χ2n) is 4.13. The van der Waals surface area contributed by atoms with E-state index in [1.165, 1.54) is 4.90 Å². The lowest BCUT2D eigenvalue weighted by Crippen LogP contribution is -2.39. The van der Waals surface area contributed by atoms with Crippen LogP contribution in [0.15, 0.2) is 30.3 Å². The number of rotatable bonds is 7. The summed E-state index contributed by atoms with van der Waals surface area (Å²) in [6.45, 7) is 0.822. The van der Waals surface area contributed by atoms with Gasteiger partial charge in [0.15, 0.2) is 0 Å². The van der Waals surface area contributed by atoms with E-state index in [9.17, 15) is 9.90 Å². The quantitative estimate of drug-likeness (QED) is 0.762. The van der Waals surface area contributed by atoms with Gasteiger partial charge in [-0.25, -0.2) is 0 Å². The molecule has 1 amide bonds. The largest absolute Gasteiger partial charge is 0.389 e. The number of carbonyl (C=O) groups is 1. The minimum Gasteiger partial charge on any atom is -0.389 e. The van der Waals surface area contributed by atoms with Gasteiger partial charge in [0.1, 0.15) is 0 Å². The average Bonchev–Trinajstić information content (AvgIpc) is 2.38. The molecule has 1 rings (SSSR count). The fourth-order valence-corrected chi connectivity index (χ4v) is 1.51. The van der Waals surface area contributed by atoms with Crippen LogP contribution in [0.1, 0.15) is 5.56 Å². The first-order chi connectivity index (χ1) is 8.63. The number of hydrogen-bond acceptors (Lipinski definition) is 4. The summed E-state index contributed by atoms with van der Waals surface area (Å²) in [6, 6.07) is 9.71. The molecule has 0 aliphatic heterocycles. The highest BCUT2D eigenvalue weighted by Crippen LogP contribution is 2.01. The van der Waals surface area contributed by atoms with Crippen LogP contribution in [0.3, 0.4) is 0 Å². The Hall–Kier alpha value is -1.14. The van der Waals surface area contributed by atoms with Crippen LogP contribution in [0.2, 0.25) is 0 Å². The van der Waals surface area contributed by atoms with Crippen molar-refractivity contribution in [3.63, 3.8) is 0 Å². The third kappa shape index (κ3) is 7.12. The number of nitrogens with two attached hydrogens (primary N) is 1. The Morgan fingerprint density at radius 1 is 1.42 bits per heavy atom. The second kappa shape index (κ2) is 9.75. The lowest BCUT2D eigenvalue weighted by atomic mass is 10.2. The average molecular weight is 289 g/mol. The number of amides is 1. The Morgan fingerprint density at radius 2 is 2.05 bits per heavy atom. The predicted octanol–water partition coefficient (Wildman–Crippen LogP) is 0.403. The summed E-state index contributed by atoms with van der Waals surface area (Å²) in [6.07, 6.45) is -0.700. The van der Waals surface area contributed by atoms with Crippen LogP contribution in [0, 0.1) is 0 Å². The minimum atomic E-state index is -0.700. The van der Waals surface area contributed by atoms with Gasteiger partial charge in [-0.15, -0.1) is 12.4 Å². The molecule has 1 unspecified atom stereocenters. The zero-order chi connectivity index (χ0) is 13.4. The van der Waals surface area contributed by atoms with E-state index in [2.05, 4.69) is 0 Å². The van der Waals surface area contributed by atoms with Crippen molar-refractivity contribution in [1.29, 1.82) is 0 Å². The lowest BCUT2D eigenvalue weighted by molar-refractivity contribution is -0.130.